The Morgan fingerprint density at radius 2 is 2.24 bits per heavy atom. The van der Waals surface area contributed by atoms with Crippen LogP contribution in [0.15, 0.2) is 23.3 Å². The van der Waals surface area contributed by atoms with Gasteiger partial charge in [0.1, 0.15) is 0 Å². The second kappa shape index (κ2) is 5.50. The van der Waals surface area contributed by atoms with Crippen molar-refractivity contribution in [2.24, 2.45) is 10.8 Å². The molecule has 0 spiro atoms. The van der Waals surface area contributed by atoms with Gasteiger partial charge in [-0.3, -0.25) is 9.59 Å². The van der Waals surface area contributed by atoms with E-state index in [1.807, 2.05) is 5.43 Å². The maximum atomic E-state index is 10.7. The number of carbonyl (C=O) groups excluding carboxylic acids is 2. The van der Waals surface area contributed by atoms with Crippen molar-refractivity contribution in [3.05, 3.63) is 23.8 Å². The van der Waals surface area contributed by atoms with Crippen LogP contribution in [0.1, 0.15) is 5.56 Å². The highest BCUT2D eigenvalue weighted by Gasteiger charge is 2.05. The lowest BCUT2D eigenvalue weighted by atomic mass is 10.2. The van der Waals surface area contributed by atoms with Crippen LogP contribution in [-0.4, -0.2) is 30.2 Å². The van der Waals surface area contributed by atoms with Gasteiger partial charge in [-0.05, 0) is 23.8 Å². The molecular formula is C10H11N3O4. The first-order valence-electron chi connectivity index (χ1n) is 4.54. The predicted molar refractivity (Wildman–Crippen MR) is 59.6 cm³/mol. The fourth-order valence-corrected chi connectivity index (χ4v) is 0.995. The molecule has 0 heterocycles. The SMILES string of the molecule is COc1cc(C=NNC(=O)C(N)=O)ccc1O. The summed E-state index contributed by atoms with van der Waals surface area (Å²) in [5.74, 6) is -1.86. The number of ether oxygens (including phenoxy) is 1. The van der Waals surface area contributed by atoms with Crippen molar-refractivity contribution >= 4 is 18.0 Å². The number of rotatable bonds is 3. The lowest BCUT2D eigenvalue weighted by Crippen LogP contribution is -2.32. The number of nitrogens with zero attached hydrogens (tertiary/aromatic N) is 1. The highest BCUT2D eigenvalue weighted by Crippen LogP contribution is 2.25. The number of methoxy groups -OCH3 is 1. The van der Waals surface area contributed by atoms with Crippen molar-refractivity contribution in [1.82, 2.24) is 5.43 Å². The molecule has 0 fully saturated rings. The zero-order valence-corrected chi connectivity index (χ0v) is 9.01. The van der Waals surface area contributed by atoms with Crippen LogP contribution < -0.4 is 15.9 Å². The highest BCUT2D eigenvalue weighted by atomic mass is 16.5. The van der Waals surface area contributed by atoms with E-state index in [4.69, 9.17) is 10.5 Å². The topological polar surface area (TPSA) is 114 Å². The molecule has 1 aromatic rings. The van der Waals surface area contributed by atoms with E-state index in [1.165, 1.54) is 25.5 Å². The van der Waals surface area contributed by atoms with E-state index in [2.05, 4.69) is 5.10 Å². The van der Waals surface area contributed by atoms with Gasteiger partial charge in [0.15, 0.2) is 11.5 Å². The van der Waals surface area contributed by atoms with Crippen LogP contribution in [0.5, 0.6) is 11.5 Å². The average Bonchev–Trinajstić information content (AvgIpc) is 2.31. The number of carbonyl (C=O) groups is 2. The quantitative estimate of drug-likeness (QED) is 0.367. The molecule has 0 atom stereocenters. The minimum Gasteiger partial charge on any atom is -0.504 e. The molecule has 90 valence electrons. The van der Waals surface area contributed by atoms with E-state index in [0.29, 0.717) is 5.56 Å². The Labute approximate surface area is 96.9 Å². The molecule has 0 saturated carbocycles. The largest absolute Gasteiger partial charge is 0.504 e. The lowest BCUT2D eigenvalue weighted by Gasteiger charge is -2.03. The Hall–Kier alpha value is -2.57. The van der Waals surface area contributed by atoms with Crippen molar-refractivity contribution in [3.8, 4) is 11.5 Å². The zero-order valence-electron chi connectivity index (χ0n) is 9.01. The average molecular weight is 237 g/mol. The van der Waals surface area contributed by atoms with Crippen LogP contribution in [0.2, 0.25) is 0 Å². The second-order valence-corrected chi connectivity index (χ2v) is 2.99. The number of aromatic hydroxyl groups is 1. The first-order valence-corrected chi connectivity index (χ1v) is 4.54. The van der Waals surface area contributed by atoms with Crippen molar-refractivity contribution in [3.63, 3.8) is 0 Å². The summed E-state index contributed by atoms with van der Waals surface area (Å²) in [5, 5.41) is 12.8. The molecule has 7 nitrogen and oxygen atoms in total. The molecule has 0 radical (unpaired) electrons. The van der Waals surface area contributed by atoms with Crippen LogP contribution in [0.4, 0.5) is 0 Å². The maximum absolute atomic E-state index is 10.7. The van der Waals surface area contributed by atoms with Gasteiger partial charge in [0, 0.05) is 0 Å². The van der Waals surface area contributed by atoms with Gasteiger partial charge in [-0.25, -0.2) is 5.43 Å². The summed E-state index contributed by atoms with van der Waals surface area (Å²) >= 11 is 0. The summed E-state index contributed by atoms with van der Waals surface area (Å²) in [7, 11) is 1.41. The van der Waals surface area contributed by atoms with Gasteiger partial charge in [-0.15, -0.1) is 0 Å². The molecule has 0 saturated heterocycles. The molecule has 0 aliphatic heterocycles. The molecule has 1 rings (SSSR count). The number of nitrogens with one attached hydrogen (secondary N) is 1. The summed E-state index contributed by atoms with van der Waals surface area (Å²) in [6.07, 6.45) is 1.28. The third-order valence-electron chi connectivity index (χ3n) is 1.81. The molecule has 0 aliphatic carbocycles. The number of hydrazone groups is 1. The summed E-state index contributed by atoms with van der Waals surface area (Å²) in [4.78, 5) is 21.1. The minimum absolute atomic E-state index is 0.00850. The number of hydrogen-bond donors (Lipinski definition) is 3. The summed E-state index contributed by atoms with van der Waals surface area (Å²) in [6.45, 7) is 0. The van der Waals surface area contributed by atoms with E-state index in [0.717, 1.165) is 0 Å². The molecular weight excluding hydrogens is 226 g/mol. The van der Waals surface area contributed by atoms with E-state index < -0.39 is 11.8 Å². The number of primary amides is 1. The van der Waals surface area contributed by atoms with Crippen LogP contribution in [0.3, 0.4) is 0 Å². The normalized spacial score (nSPS) is 10.2. The predicted octanol–water partition coefficient (Wildman–Crippen LogP) is -0.664. The Morgan fingerprint density at radius 1 is 1.53 bits per heavy atom. The van der Waals surface area contributed by atoms with Gasteiger partial charge >= 0.3 is 11.8 Å². The monoisotopic (exact) mass is 237 g/mol. The van der Waals surface area contributed by atoms with Gasteiger partial charge in [0.05, 0.1) is 13.3 Å². The van der Waals surface area contributed by atoms with Crippen molar-refractivity contribution in [2.45, 2.75) is 0 Å². The number of hydrogen-bond acceptors (Lipinski definition) is 5. The van der Waals surface area contributed by atoms with Gasteiger partial charge in [-0.1, -0.05) is 0 Å². The first kappa shape index (κ1) is 12.5. The summed E-state index contributed by atoms with van der Waals surface area (Å²) < 4.78 is 4.88. The molecule has 17 heavy (non-hydrogen) atoms. The first-order chi connectivity index (χ1) is 8.04. The fraction of sp³-hybridized carbons (Fsp3) is 0.100. The Bertz CT molecular complexity index is 471. The van der Waals surface area contributed by atoms with Crippen LogP contribution >= 0.6 is 0 Å². The molecule has 0 aromatic heterocycles. The van der Waals surface area contributed by atoms with Gasteiger partial charge < -0.3 is 15.6 Å². The Kier molecular flexibility index (Phi) is 4.04. The molecule has 0 bridgehead atoms. The van der Waals surface area contributed by atoms with E-state index in [1.54, 1.807) is 6.07 Å². The number of amides is 2. The molecule has 2 amide bonds. The lowest BCUT2D eigenvalue weighted by molar-refractivity contribution is -0.137. The van der Waals surface area contributed by atoms with Crippen molar-refractivity contribution in [1.29, 1.82) is 0 Å². The molecule has 0 unspecified atom stereocenters. The third-order valence-corrected chi connectivity index (χ3v) is 1.81. The maximum Gasteiger partial charge on any atom is 0.329 e. The molecule has 1 aromatic carbocycles. The van der Waals surface area contributed by atoms with E-state index in [9.17, 15) is 14.7 Å². The fourth-order valence-electron chi connectivity index (χ4n) is 0.995. The number of benzene rings is 1. The standard InChI is InChI=1S/C10H11N3O4/c1-17-8-4-6(2-3-7(8)14)5-12-13-10(16)9(11)15/h2-5,14H,1H3,(H2,11,15)(H,13,16). The van der Waals surface area contributed by atoms with Crippen LogP contribution in [0.25, 0.3) is 0 Å². The minimum atomic E-state index is -1.12. The van der Waals surface area contributed by atoms with Crippen LogP contribution in [0, 0.1) is 0 Å². The highest BCUT2D eigenvalue weighted by molar-refractivity contribution is 6.34. The molecule has 0 aliphatic rings. The van der Waals surface area contributed by atoms with Crippen molar-refractivity contribution in [2.75, 3.05) is 7.11 Å². The van der Waals surface area contributed by atoms with Crippen molar-refractivity contribution < 1.29 is 19.4 Å². The smallest absolute Gasteiger partial charge is 0.329 e. The molecule has 4 N–H and O–H groups in total. The second-order valence-electron chi connectivity index (χ2n) is 2.99. The zero-order chi connectivity index (χ0) is 12.8. The third kappa shape index (κ3) is 3.49. The number of nitrogens with two attached hydrogens (primary N) is 1. The Morgan fingerprint density at radius 3 is 2.82 bits per heavy atom. The molecule has 7 heteroatoms. The van der Waals surface area contributed by atoms with E-state index >= 15 is 0 Å². The Balaban J connectivity index is 2.72. The van der Waals surface area contributed by atoms with Crippen LogP contribution in [-0.2, 0) is 9.59 Å². The van der Waals surface area contributed by atoms with Gasteiger partial charge in [0.2, 0.25) is 0 Å². The van der Waals surface area contributed by atoms with E-state index in [-0.39, 0.29) is 11.5 Å². The summed E-state index contributed by atoms with van der Waals surface area (Å²) in [6, 6.07) is 4.48. The number of phenols is 1. The summed E-state index contributed by atoms with van der Waals surface area (Å²) in [5.41, 5.74) is 7.21. The number of phenolic OH excluding ortho intramolecular Hbond substituents is 1. The van der Waals surface area contributed by atoms with Gasteiger partial charge in [0.25, 0.3) is 0 Å². The van der Waals surface area contributed by atoms with Gasteiger partial charge in [-0.2, -0.15) is 5.10 Å².